The van der Waals surface area contributed by atoms with Gasteiger partial charge in [0, 0.05) is 0 Å². The number of halogens is 5. The van der Waals surface area contributed by atoms with Gasteiger partial charge in [0.15, 0.2) is 0 Å². The third-order valence-electron chi connectivity index (χ3n) is 0.944. The average Bonchev–Trinajstić information content (AvgIpc) is 1.93. The van der Waals surface area contributed by atoms with E-state index in [1.807, 2.05) is 0 Å². The Bertz CT molecular complexity index is 460. The third-order valence-corrected chi connectivity index (χ3v) is 6.61. The summed E-state index contributed by atoms with van der Waals surface area (Å²) in [6.45, 7) is -0.975. The molecule has 1 rings (SSSR count). The Morgan fingerprint density at radius 2 is 1.53 bits per heavy atom. The molecular weight excluding hydrogens is 284 g/mol. The van der Waals surface area contributed by atoms with Gasteiger partial charge in [0.2, 0.25) is 0 Å². The zero-order valence-corrected chi connectivity index (χ0v) is 9.32. The van der Waals surface area contributed by atoms with E-state index in [0.717, 1.165) is 0 Å². The van der Waals surface area contributed by atoms with Gasteiger partial charge in [-0.15, -0.1) is 30.3 Å². The van der Waals surface area contributed by atoms with Crippen LogP contribution in [0.5, 0.6) is 0 Å². The highest BCUT2D eigenvalue weighted by atomic mass is 31.3. The van der Waals surface area contributed by atoms with E-state index in [0.29, 0.717) is 0 Å². The van der Waals surface area contributed by atoms with E-state index < -0.39 is 30.0 Å². The van der Waals surface area contributed by atoms with Gasteiger partial charge in [-0.1, -0.05) is 0 Å². The van der Waals surface area contributed by atoms with Crippen LogP contribution in [0.3, 0.4) is 0 Å². The molecule has 0 radical (unpaired) electrons. The maximum Gasteiger partial charge on any atom is 0.425 e. The Hall–Kier alpha value is -0.210. The summed E-state index contributed by atoms with van der Waals surface area (Å²) in [6.07, 6.45) is 0. The molecule has 13 heteroatoms. The lowest BCUT2D eigenvalue weighted by atomic mass is 10.9. The van der Waals surface area contributed by atoms with E-state index in [2.05, 4.69) is 13.6 Å². The van der Waals surface area contributed by atoms with Crippen molar-refractivity contribution in [3.8, 4) is 6.07 Å². The molecule has 15 heavy (non-hydrogen) atoms. The summed E-state index contributed by atoms with van der Waals surface area (Å²) in [5.41, 5.74) is 0. The molecule has 0 saturated heterocycles. The Labute approximate surface area is 81.3 Å². The first-order chi connectivity index (χ1) is 6.68. The van der Waals surface area contributed by atoms with E-state index in [4.69, 9.17) is 5.26 Å². The number of rotatable bonds is 2. The Morgan fingerprint density at radius 3 is 2.00 bits per heavy atom. The molecule has 1 aliphatic heterocycles. The normalized spacial score (nSPS) is 31.7. The van der Waals surface area contributed by atoms with Crippen molar-refractivity contribution in [3.63, 3.8) is 0 Å². The van der Waals surface area contributed by atoms with Crippen molar-refractivity contribution in [3.05, 3.63) is 0 Å². The lowest BCUT2D eigenvalue weighted by Crippen LogP contribution is -1.85. The summed E-state index contributed by atoms with van der Waals surface area (Å²) in [5, 5.41) is 7.98. The minimum absolute atomic E-state index is 0.975. The Balaban J connectivity index is 3.25. The molecule has 0 aliphatic carbocycles. The van der Waals surface area contributed by atoms with Crippen LogP contribution in [0.2, 0.25) is 0 Å². The lowest BCUT2D eigenvalue weighted by molar-refractivity contribution is 0.375. The summed E-state index contributed by atoms with van der Waals surface area (Å²) < 4.78 is 73.2. The summed E-state index contributed by atoms with van der Waals surface area (Å²) in [4.78, 5) is 0. The minimum Gasteiger partial charge on any atom is -0.288 e. The van der Waals surface area contributed by atoms with E-state index in [-0.39, 0.29) is 0 Å². The fourth-order valence-electron chi connectivity index (χ4n) is 0.611. The molecule has 0 amide bonds. The minimum atomic E-state index is -5.72. The molecule has 0 N–H and O–H groups in total. The highest BCUT2D eigenvalue weighted by molar-refractivity contribution is 7.77. The second-order valence-electron chi connectivity index (χ2n) is 2.08. The molecule has 0 fully saturated rings. The van der Waals surface area contributed by atoms with Crippen LogP contribution in [0.15, 0.2) is 13.5 Å². The molecule has 0 aromatic heterocycles. The van der Waals surface area contributed by atoms with Gasteiger partial charge in [0.1, 0.15) is 6.61 Å². The van der Waals surface area contributed by atoms with Crippen LogP contribution in [0, 0.1) is 11.3 Å². The van der Waals surface area contributed by atoms with E-state index in [1.165, 1.54) is 6.07 Å². The molecule has 0 aromatic carbocycles. The zero-order valence-electron chi connectivity index (χ0n) is 6.64. The Morgan fingerprint density at radius 1 is 1.00 bits per heavy atom. The molecule has 1 heterocycles. The van der Waals surface area contributed by atoms with Crippen LogP contribution in [-0.4, -0.2) is 6.61 Å². The highest BCUT2D eigenvalue weighted by Gasteiger charge is 2.39. The maximum atomic E-state index is 13.2. The van der Waals surface area contributed by atoms with Crippen LogP contribution in [0.4, 0.5) is 21.0 Å². The van der Waals surface area contributed by atoms with Gasteiger partial charge in [0.25, 0.3) is 0 Å². The van der Waals surface area contributed by atoms with Crippen LogP contribution in [0.25, 0.3) is 0 Å². The van der Waals surface area contributed by atoms with Crippen LogP contribution >= 0.6 is 23.4 Å². The first-order valence-electron chi connectivity index (χ1n) is 3.09. The molecule has 0 bridgehead atoms. The second kappa shape index (κ2) is 3.99. The topological polar surface area (TPSA) is 70.1 Å². The quantitative estimate of drug-likeness (QED) is 0.515. The van der Waals surface area contributed by atoms with Crippen molar-refractivity contribution < 1.29 is 25.5 Å². The van der Waals surface area contributed by atoms with Gasteiger partial charge in [-0.2, -0.15) is 9.46 Å². The van der Waals surface area contributed by atoms with Crippen molar-refractivity contribution in [1.82, 2.24) is 0 Å². The Kier molecular flexibility index (Phi) is 3.42. The SMILES string of the molecule is N#CCOP1(F)=NP(F)(F)=NP(F)(F)=N1. The summed E-state index contributed by atoms with van der Waals surface area (Å²) in [5.74, 6) is 0. The van der Waals surface area contributed by atoms with E-state index in [9.17, 15) is 21.0 Å². The van der Waals surface area contributed by atoms with Gasteiger partial charge >= 0.3 is 23.4 Å². The first kappa shape index (κ1) is 12.9. The van der Waals surface area contributed by atoms with Gasteiger partial charge < -0.3 is 0 Å². The van der Waals surface area contributed by atoms with Crippen molar-refractivity contribution in [2.75, 3.05) is 6.61 Å². The standard InChI is InChI=1S/C2H2F5N4OP3/c3-13(4)9-14(5,6)11-15(7,10-13)12-2-1-8/h2H2. The van der Waals surface area contributed by atoms with Crippen molar-refractivity contribution in [2.45, 2.75) is 0 Å². The predicted octanol–water partition coefficient (Wildman–Crippen LogP) is 5.23. The molecule has 5 nitrogen and oxygen atoms in total. The van der Waals surface area contributed by atoms with Crippen molar-refractivity contribution in [1.29, 1.82) is 5.26 Å². The van der Waals surface area contributed by atoms with Crippen LogP contribution < -0.4 is 0 Å². The fraction of sp³-hybridized carbons (Fsp3) is 0.500. The lowest BCUT2D eigenvalue weighted by Gasteiger charge is -2.14. The monoisotopic (exact) mass is 286 g/mol. The number of nitrogens with zero attached hydrogens (tertiary/aromatic N) is 4. The fourth-order valence-corrected chi connectivity index (χ4v) is 5.80. The third kappa shape index (κ3) is 3.69. The van der Waals surface area contributed by atoms with Crippen molar-refractivity contribution in [2.24, 2.45) is 13.5 Å². The van der Waals surface area contributed by atoms with Gasteiger partial charge in [-0.3, -0.25) is 4.52 Å². The molecular formula is C2H2F5N4OP3. The molecule has 0 aromatic rings. The average molecular weight is 286 g/mol. The molecule has 86 valence electrons. The predicted molar refractivity (Wildman–Crippen MR) is 45.1 cm³/mol. The molecule has 1 atom stereocenters. The molecule has 1 aliphatic rings. The summed E-state index contributed by atoms with van der Waals surface area (Å²) in [6, 6.07) is 1.24. The maximum absolute atomic E-state index is 13.2. The van der Waals surface area contributed by atoms with Crippen LogP contribution in [-0.2, 0) is 4.52 Å². The second-order valence-corrected chi connectivity index (χ2v) is 7.26. The van der Waals surface area contributed by atoms with E-state index in [1.54, 1.807) is 4.52 Å². The highest BCUT2D eigenvalue weighted by Crippen LogP contribution is 2.81. The molecule has 0 saturated carbocycles. The number of hydrogen-bond donors (Lipinski definition) is 0. The van der Waals surface area contributed by atoms with E-state index >= 15 is 0 Å². The van der Waals surface area contributed by atoms with Gasteiger partial charge in [-0.05, 0) is 0 Å². The summed E-state index contributed by atoms with van der Waals surface area (Å²) >= 11 is 0. The van der Waals surface area contributed by atoms with Crippen LogP contribution in [0.1, 0.15) is 0 Å². The first-order valence-corrected chi connectivity index (χ1v) is 7.55. The van der Waals surface area contributed by atoms with Gasteiger partial charge in [0.05, 0.1) is 6.07 Å². The number of hydrogen-bond acceptors (Lipinski definition) is 5. The zero-order chi connectivity index (χ0) is 11.7. The molecule has 0 spiro atoms. The smallest absolute Gasteiger partial charge is 0.288 e. The largest absolute Gasteiger partial charge is 0.425 e. The summed E-state index contributed by atoms with van der Waals surface area (Å²) in [7, 11) is -16.5. The molecule has 1 unspecified atom stereocenters. The van der Waals surface area contributed by atoms with Gasteiger partial charge in [-0.25, -0.2) is 0 Å². The van der Waals surface area contributed by atoms with Crippen molar-refractivity contribution >= 4 is 23.4 Å². The number of nitriles is 1.